The Kier molecular flexibility index (Phi) is 5.75. The van der Waals surface area contributed by atoms with E-state index in [4.69, 9.17) is 11.0 Å². The fraction of sp³-hybridized carbons (Fsp3) is 0.385. The Hall–Kier alpha value is -1.31. The Morgan fingerprint density at radius 3 is 2.65 bits per heavy atom. The maximum Gasteiger partial charge on any atom is 0.185 e. The molecule has 0 fully saturated rings. The van der Waals surface area contributed by atoms with Gasteiger partial charge in [-0.05, 0) is 12.0 Å². The van der Waals surface area contributed by atoms with Crippen molar-refractivity contribution in [1.29, 1.82) is 5.26 Å². The third-order valence-corrected chi connectivity index (χ3v) is 3.50. The van der Waals surface area contributed by atoms with Crippen LogP contribution in [0.5, 0.6) is 0 Å². The summed E-state index contributed by atoms with van der Waals surface area (Å²) in [5.41, 5.74) is 6.91. The lowest BCUT2D eigenvalue weighted by Crippen LogP contribution is -2.32. The van der Waals surface area contributed by atoms with Crippen LogP contribution in [0, 0.1) is 17.2 Å². The van der Waals surface area contributed by atoms with Crippen LogP contribution in [-0.2, 0) is 11.2 Å². The Morgan fingerprint density at radius 1 is 1.47 bits per heavy atom. The first-order chi connectivity index (χ1) is 8.13. The molecule has 0 amide bonds. The topological polar surface area (TPSA) is 66.9 Å². The number of nitrogens with zero attached hydrogens (tertiary/aromatic N) is 1. The van der Waals surface area contributed by atoms with E-state index >= 15 is 0 Å². The van der Waals surface area contributed by atoms with Crippen molar-refractivity contribution in [2.75, 3.05) is 5.75 Å². The summed E-state index contributed by atoms with van der Waals surface area (Å²) in [7, 11) is 0. The fourth-order valence-electron chi connectivity index (χ4n) is 1.54. The highest BCUT2D eigenvalue weighted by Gasteiger charge is 2.18. The quantitative estimate of drug-likeness (QED) is 0.865. The third kappa shape index (κ3) is 5.03. The van der Waals surface area contributed by atoms with Gasteiger partial charge >= 0.3 is 0 Å². The number of nitriles is 1. The van der Waals surface area contributed by atoms with Crippen LogP contribution in [0.4, 0.5) is 0 Å². The van der Waals surface area contributed by atoms with Crippen molar-refractivity contribution < 1.29 is 4.79 Å². The highest BCUT2D eigenvalue weighted by atomic mass is 32.2. The van der Waals surface area contributed by atoms with Gasteiger partial charge in [0.15, 0.2) is 5.12 Å². The lowest BCUT2D eigenvalue weighted by Gasteiger charge is -2.17. The van der Waals surface area contributed by atoms with Gasteiger partial charge in [0.2, 0.25) is 0 Å². The van der Waals surface area contributed by atoms with Gasteiger partial charge in [-0.15, -0.1) is 0 Å². The fourth-order valence-corrected chi connectivity index (χ4v) is 2.31. The Balaban J connectivity index is 2.64. The molecule has 3 nitrogen and oxygen atoms in total. The van der Waals surface area contributed by atoms with Gasteiger partial charge in [-0.2, -0.15) is 5.26 Å². The molecule has 4 heteroatoms. The Labute approximate surface area is 106 Å². The maximum atomic E-state index is 11.0. The van der Waals surface area contributed by atoms with Gasteiger partial charge in [0.25, 0.3) is 0 Å². The molecule has 0 saturated heterocycles. The van der Waals surface area contributed by atoms with Gasteiger partial charge in [0.05, 0.1) is 12.1 Å². The first-order valence-electron chi connectivity index (χ1n) is 5.46. The normalized spacial score (nSPS) is 13.7. The molecule has 0 bridgehead atoms. The lowest BCUT2D eigenvalue weighted by molar-refractivity contribution is -0.109. The van der Waals surface area contributed by atoms with E-state index in [1.54, 1.807) is 0 Å². The highest BCUT2D eigenvalue weighted by molar-refractivity contribution is 8.13. The zero-order valence-corrected chi connectivity index (χ0v) is 10.6. The number of carbonyl (C=O) groups excluding carboxylic acids is 1. The SMILES string of the molecule is CC(=O)SCC(Cc1ccccc1)[C@@H](N)C#N. The molecule has 1 rings (SSSR count). The van der Waals surface area contributed by atoms with Gasteiger partial charge in [-0.1, -0.05) is 42.1 Å². The minimum atomic E-state index is -0.526. The van der Waals surface area contributed by atoms with E-state index in [2.05, 4.69) is 6.07 Å². The van der Waals surface area contributed by atoms with Gasteiger partial charge < -0.3 is 5.73 Å². The predicted molar refractivity (Wildman–Crippen MR) is 70.4 cm³/mol. The number of hydrogen-bond donors (Lipinski definition) is 1. The average Bonchev–Trinajstić information content (AvgIpc) is 2.34. The summed E-state index contributed by atoms with van der Waals surface area (Å²) in [6.45, 7) is 1.53. The van der Waals surface area contributed by atoms with Crippen LogP contribution in [0.1, 0.15) is 12.5 Å². The molecule has 1 aromatic rings. The van der Waals surface area contributed by atoms with Crippen molar-refractivity contribution in [2.45, 2.75) is 19.4 Å². The van der Waals surface area contributed by atoms with Crippen molar-refractivity contribution in [3.63, 3.8) is 0 Å². The molecular formula is C13H16N2OS. The minimum absolute atomic E-state index is 0.0105. The second kappa shape index (κ2) is 7.10. The number of thioether (sulfide) groups is 1. The Morgan fingerprint density at radius 2 is 2.12 bits per heavy atom. The van der Waals surface area contributed by atoms with Crippen LogP contribution in [0.2, 0.25) is 0 Å². The average molecular weight is 248 g/mol. The van der Waals surface area contributed by atoms with Crippen LogP contribution in [0.15, 0.2) is 30.3 Å². The summed E-state index contributed by atoms with van der Waals surface area (Å²) in [5, 5.41) is 8.94. The molecular weight excluding hydrogens is 232 g/mol. The van der Waals surface area contributed by atoms with Crippen molar-refractivity contribution in [2.24, 2.45) is 11.7 Å². The second-order valence-corrected chi connectivity index (χ2v) is 5.10. The zero-order chi connectivity index (χ0) is 12.7. The number of hydrogen-bond acceptors (Lipinski definition) is 4. The van der Waals surface area contributed by atoms with Gasteiger partial charge in [-0.25, -0.2) is 0 Å². The monoisotopic (exact) mass is 248 g/mol. The molecule has 0 aliphatic rings. The summed E-state index contributed by atoms with van der Waals surface area (Å²) in [5.74, 6) is 0.607. The van der Waals surface area contributed by atoms with E-state index in [1.165, 1.54) is 18.7 Å². The van der Waals surface area contributed by atoms with Crippen molar-refractivity contribution >= 4 is 16.9 Å². The zero-order valence-electron chi connectivity index (χ0n) is 9.80. The summed E-state index contributed by atoms with van der Waals surface area (Å²) in [4.78, 5) is 11.0. The number of nitrogens with two attached hydrogens (primary N) is 1. The Bertz CT molecular complexity index is 400. The van der Waals surface area contributed by atoms with Crippen molar-refractivity contribution in [3.8, 4) is 6.07 Å². The van der Waals surface area contributed by atoms with E-state index in [0.29, 0.717) is 5.75 Å². The second-order valence-electron chi connectivity index (χ2n) is 3.91. The lowest BCUT2D eigenvalue weighted by atomic mass is 9.95. The molecule has 0 saturated carbocycles. The molecule has 1 unspecified atom stereocenters. The summed E-state index contributed by atoms with van der Waals surface area (Å²) in [6.07, 6.45) is 0.732. The molecule has 0 spiro atoms. The van der Waals surface area contributed by atoms with E-state index in [-0.39, 0.29) is 11.0 Å². The van der Waals surface area contributed by atoms with E-state index in [1.807, 2.05) is 30.3 Å². The molecule has 2 N–H and O–H groups in total. The van der Waals surface area contributed by atoms with Crippen LogP contribution in [0.25, 0.3) is 0 Å². The summed E-state index contributed by atoms with van der Waals surface area (Å²) < 4.78 is 0. The molecule has 17 heavy (non-hydrogen) atoms. The molecule has 0 radical (unpaired) electrons. The number of rotatable bonds is 5. The van der Waals surface area contributed by atoms with E-state index < -0.39 is 6.04 Å². The molecule has 90 valence electrons. The minimum Gasteiger partial charge on any atom is -0.316 e. The van der Waals surface area contributed by atoms with Crippen LogP contribution in [-0.4, -0.2) is 16.9 Å². The molecule has 0 aromatic heterocycles. The van der Waals surface area contributed by atoms with Crippen molar-refractivity contribution in [3.05, 3.63) is 35.9 Å². The van der Waals surface area contributed by atoms with Crippen LogP contribution in [0.3, 0.4) is 0 Å². The first kappa shape index (κ1) is 13.8. The predicted octanol–water partition coefficient (Wildman–Crippen LogP) is 1.98. The molecule has 0 heterocycles. The largest absolute Gasteiger partial charge is 0.316 e. The van der Waals surface area contributed by atoms with Crippen LogP contribution >= 0.6 is 11.8 Å². The highest BCUT2D eigenvalue weighted by Crippen LogP contribution is 2.17. The van der Waals surface area contributed by atoms with Crippen molar-refractivity contribution in [1.82, 2.24) is 0 Å². The van der Waals surface area contributed by atoms with Gasteiger partial charge in [-0.3, -0.25) is 4.79 Å². The van der Waals surface area contributed by atoms with E-state index in [9.17, 15) is 4.79 Å². The van der Waals surface area contributed by atoms with Gasteiger partial charge in [0.1, 0.15) is 0 Å². The molecule has 1 aromatic carbocycles. The van der Waals surface area contributed by atoms with E-state index in [0.717, 1.165) is 12.0 Å². The third-order valence-electron chi connectivity index (χ3n) is 2.50. The maximum absolute atomic E-state index is 11.0. The van der Waals surface area contributed by atoms with Crippen LogP contribution < -0.4 is 5.73 Å². The summed E-state index contributed by atoms with van der Waals surface area (Å²) in [6, 6.07) is 11.4. The molecule has 0 aliphatic carbocycles. The molecule has 2 atom stereocenters. The summed E-state index contributed by atoms with van der Waals surface area (Å²) >= 11 is 1.23. The van der Waals surface area contributed by atoms with Gasteiger partial charge in [0, 0.05) is 18.6 Å². The number of benzene rings is 1. The number of carbonyl (C=O) groups is 1. The standard InChI is InChI=1S/C13H16N2OS/c1-10(16)17-9-12(13(15)8-14)7-11-5-3-2-4-6-11/h2-6,12-13H,7,9,15H2,1H3/t12?,13-/m0/s1. The smallest absolute Gasteiger partial charge is 0.185 e. The molecule has 0 aliphatic heterocycles. The first-order valence-corrected chi connectivity index (χ1v) is 6.44.